The van der Waals surface area contributed by atoms with E-state index in [2.05, 4.69) is 23.8 Å². The van der Waals surface area contributed by atoms with Gasteiger partial charge in [-0.15, -0.1) is 0 Å². The van der Waals surface area contributed by atoms with Crippen molar-refractivity contribution >= 4 is 22.5 Å². The number of hydrogen-bond acceptors (Lipinski definition) is 3. The number of rotatable bonds is 7. The molecule has 6 nitrogen and oxygen atoms in total. The summed E-state index contributed by atoms with van der Waals surface area (Å²) in [5.41, 5.74) is 1.54. The maximum absolute atomic E-state index is 12.7. The molecule has 0 saturated carbocycles. The third kappa shape index (κ3) is 3.73. The molecule has 0 amide bonds. The minimum atomic E-state index is -0.222. The fourth-order valence-electron chi connectivity index (χ4n) is 3.52. The van der Waals surface area contributed by atoms with Crippen molar-refractivity contribution in [2.24, 2.45) is 0 Å². The van der Waals surface area contributed by atoms with Crippen LogP contribution in [0.1, 0.15) is 26.0 Å². The monoisotopic (exact) mass is 388 g/mol. The number of fused-ring (bicyclic) bond motifs is 1. The van der Waals surface area contributed by atoms with Crippen molar-refractivity contribution in [3.05, 3.63) is 61.8 Å². The van der Waals surface area contributed by atoms with Crippen LogP contribution in [0.15, 0.2) is 39.9 Å². The molecule has 2 heterocycles. The Bertz CT molecular complexity index is 1060. The zero-order valence-corrected chi connectivity index (χ0v) is 16.7. The summed E-state index contributed by atoms with van der Waals surface area (Å²) in [7, 11) is 0. The summed E-state index contributed by atoms with van der Waals surface area (Å²) >= 11 is 6.27. The molecule has 0 radical (unpaired) electrons. The van der Waals surface area contributed by atoms with Gasteiger partial charge >= 0.3 is 0 Å². The highest BCUT2D eigenvalue weighted by Gasteiger charge is 2.16. The Hall–Kier alpha value is -2.31. The van der Waals surface area contributed by atoms with Crippen molar-refractivity contribution in [2.45, 2.75) is 33.7 Å². The van der Waals surface area contributed by atoms with Crippen LogP contribution < -0.4 is 11.1 Å². The lowest BCUT2D eigenvalue weighted by atomic mass is 10.2. The summed E-state index contributed by atoms with van der Waals surface area (Å²) < 4.78 is 3.28. The fourth-order valence-corrected chi connectivity index (χ4v) is 3.74. The second-order valence-electron chi connectivity index (χ2n) is 6.59. The van der Waals surface area contributed by atoms with Crippen LogP contribution in [-0.4, -0.2) is 38.9 Å². The number of pyridine rings is 1. The van der Waals surface area contributed by atoms with Crippen LogP contribution in [0.2, 0.25) is 5.02 Å². The summed E-state index contributed by atoms with van der Waals surface area (Å²) in [6, 6.07) is 8.74. The number of halogens is 1. The normalized spacial score (nSPS) is 11.6. The van der Waals surface area contributed by atoms with Crippen molar-refractivity contribution in [1.82, 2.24) is 19.2 Å². The molecule has 3 rings (SSSR count). The molecule has 2 aromatic heterocycles. The molecule has 0 unspecified atom stereocenters. The lowest BCUT2D eigenvalue weighted by Gasteiger charge is -2.18. The van der Waals surface area contributed by atoms with Crippen LogP contribution >= 0.6 is 11.6 Å². The highest BCUT2D eigenvalue weighted by atomic mass is 35.5. The van der Waals surface area contributed by atoms with Crippen LogP contribution in [0.25, 0.3) is 16.6 Å². The van der Waals surface area contributed by atoms with Crippen molar-refractivity contribution in [3.63, 3.8) is 0 Å². The molecule has 0 aliphatic heterocycles. The second kappa shape index (κ2) is 8.15. The first-order valence-corrected chi connectivity index (χ1v) is 9.68. The van der Waals surface area contributed by atoms with E-state index < -0.39 is 0 Å². The number of aromatic nitrogens is 3. The first kappa shape index (κ1) is 19.5. The predicted octanol–water partition coefficient (Wildman–Crippen LogP) is 3.17. The van der Waals surface area contributed by atoms with Gasteiger partial charge < -0.3 is 9.47 Å². The van der Waals surface area contributed by atoms with Gasteiger partial charge in [0.1, 0.15) is 0 Å². The molecule has 144 valence electrons. The fraction of sp³-hybridized carbons (Fsp3) is 0.400. The molecular weight excluding hydrogens is 364 g/mol. The molecule has 0 atom stereocenters. The molecule has 7 heteroatoms. The zero-order valence-electron chi connectivity index (χ0n) is 16.0. The zero-order chi connectivity index (χ0) is 19.6. The number of nitrogens with zero attached hydrogens (tertiary/aromatic N) is 3. The van der Waals surface area contributed by atoms with Gasteiger partial charge in [-0.1, -0.05) is 37.6 Å². The van der Waals surface area contributed by atoms with Gasteiger partial charge in [-0.2, -0.15) is 0 Å². The molecule has 0 spiro atoms. The van der Waals surface area contributed by atoms with E-state index in [1.54, 1.807) is 15.3 Å². The lowest BCUT2D eigenvalue weighted by Crippen LogP contribution is -2.28. The van der Waals surface area contributed by atoms with E-state index >= 15 is 0 Å². The minimum absolute atomic E-state index is 0.112. The standard InChI is InChI=1S/C20H25ClN4O2/c1-4-23(5-2)11-8-12-24-14(3)19-17(13-18(24)26)25(22-20(19)27)16-10-7-6-9-15(16)21/h6-7,9-10,13H,4-5,8,11-12H2,1-3H3,(H,22,27). The van der Waals surface area contributed by atoms with Gasteiger partial charge in [0.25, 0.3) is 11.1 Å². The first-order valence-electron chi connectivity index (χ1n) is 9.30. The van der Waals surface area contributed by atoms with Crippen LogP contribution in [0.5, 0.6) is 0 Å². The quantitative estimate of drug-likeness (QED) is 0.676. The SMILES string of the molecule is CCN(CC)CCCn1c(C)c2c(=O)[nH]n(-c3ccccc3Cl)c2cc1=O. The Morgan fingerprint density at radius 1 is 1.15 bits per heavy atom. The summed E-state index contributed by atoms with van der Waals surface area (Å²) in [6.07, 6.45) is 0.858. The Balaban J connectivity index is 2.03. The third-order valence-electron chi connectivity index (χ3n) is 5.07. The van der Waals surface area contributed by atoms with Crippen molar-refractivity contribution in [2.75, 3.05) is 19.6 Å². The molecule has 1 aromatic carbocycles. The van der Waals surface area contributed by atoms with Crippen LogP contribution in [0, 0.1) is 6.92 Å². The van der Waals surface area contributed by atoms with Crippen molar-refractivity contribution in [3.8, 4) is 5.69 Å². The van der Waals surface area contributed by atoms with E-state index in [-0.39, 0.29) is 11.1 Å². The molecule has 1 N–H and O–H groups in total. The second-order valence-corrected chi connectivity index (χ2v) is 7.00. The number of H-pyrrole nitrogens is 1. The number of para-hydroxylation sites is 1. The minimum Gasteiger partial charge on any atom is -0.312 e. The number of aryl methyl sites for hydroxylation is 1. The third-order valence-corrected chi connectivity index (χ3v) is 5.39. The maximum Gasteiger partial charge on any atom is 0.274 e. The van der Waals surface area contributed by atoms with Crippen LogP contribution in [0.3, 0.4) is 0 Å². The molecule has 0 aliphatic carbocycles. The average molecular weight is 389 g/mol. The topological polar surface area (TPSA) is 63.0 Å². The number of aromatic amines is 1. The first-order chi connectivity index (χ1) is 13.0. The lowest BCUT2D eigenvalue weighted by molar-refractivity contribution is 0.292. The average Bonchev–Trinajstić information content (AvgIpc) is 2.97. The molecule has 0 bridgehead atoms. The molecular formula is C20H25ClN4O2. The van der Waals surface area contributed by atoms with Crippen molar-refractivity contribution in [1.29, 1.82) is 0 Å². The largest absolute Gasteiger partial charge is 0.312 e. The molecule has 0 saturated heterocycles. The van der Waals surface area contributed by atoms with E-state index in [1.807, 2.05) is 25.1 Å². The molecule has 3 aromatic rings. The van der Waals surface area contributed by atoms with Crippen LogP contribution in [-0.2, 0) is 6.54 Å². The van der Waals surface area contributed by atoms with E-state index in [1.165, 1.54) is 6.07 Å². The van der Waals surface area contributed by atoms with Gasteiger partial charge in [0.2, 0.25) is 0 Å². The summed E-state index contributed by atoms with van der Waals surface area (Å²) in [5, 5.41) is 3.85. The van der Waals surface area contributed by atoms with Gasteiger partial charge in [0.15, 0.2) is 0 Å². The highest BCUT2D eigenvalue weighted by Crippen LogP contribution is 2.23. The Morgan fingerprint density at radius 3 is 2.52 bits per heavy atom. The van der Waals surface area contributed by atoms with Crippen LogP contribution in [0.4, 0.5) is 0 Å². The highest BCUT2D eigenvalue weighted by molar-refractivity contribution is 6.32. The Morgan fingerprint density at radius 2 is 1.85 bits per heavy atom. The van der Waals surface area contributed by atoms with E-state index in [0.29, 0.717) is 33.9 Å². The van der Waals surface area contributed by atoms with E-state index in [0.717, 1.165) is 26.1 Å². The summed E-state index contributed by atoms with van der Waals surface area (Å²) in [4.78, 5) is 27.7. The van der Waals surface area contributed by atoms with Gasteiger partial charge in [0.05, 0.1) is 21.6 Å². The van der Waals surface area contributed by atoms with E-state index in [9.17, 15) is 9.59 Å². The summed E-state index contributed by atoms with van der Waals surface area (Å²) in [5.74, 6) is 0. The Labute approximate surface area is 163 Å². The number of nitrogens with one attached hydrogen (secondary N) is 1. The molecule has 0 aliphatic rings. The van der Waals surface area contributed by atoms with Gasteiger partial charge in [-0.25, -0.2) is 0 Å². The molecule has 27 heavy (non-hydrogen) atoms. The van der Waals surface area contributed by atoms with Gasteiger partial charge in [-0.05, 0) is 45.1 Å². The van der Waals surface area contributed by atoms with Crippen molar-refractivity contribution < 1.29 is 0 Å². The smallest absolute Gasteiger partial charge is 0.274 e. The number of benzene rings is 1. The maximum atomic E-state index is 12.7. The predicted molar refractivity (Wildman–Crippen MR) is 110 cm³/mol. The Kier molecular flexibility index (Phi) is 5.87. The van der Waals surface area contributed by atoms with Gasteiger partial charge in [0, 0.05) is 18.3 Å². The number of hydrogen-bond donors (Lipinski definition) is 1. The summed E-state index contributed by atoms with van der Waals surface area (Å²) in [6.45, 7) is 9.58. The van der Waals surface area contributed by atoms with Gasteiger partial charge in [-0.3, -0.25) is 19.4 Å². The molecule has 0 fully saturated rings. The van der Waals surface area contributed by atoms with E-state index in [4.69, 9.17) is 11.6 Å².